The first-order valence-corrected chi connectivity index (χ1v) is 8.55. The van der Waals surface area contributed by atoms with Gasteiger partial charge < -0.3 is 14.5 Å². The molecule has 0 radical (unpaired) electrons. The van der Waals surface area contributed by atoms with Gasteiger partial charge >= 0.3 is 6.01 Å². The summed E-state index contributed by atoms with van der Waals surface area (Å²) in [4.78, 5) is 25.1. The predicted molar refractivity (Wildman–Crippen MR) is 95.4 cm³/mol. The van der Waals surface area contributed by atoms with Gasteiger partial charge in [-0.25, -0.2) is 9.97 Å². The molecule has 0 bridgehead atoms. The van der Waals surface area contributed by atoms with E-state index in [-0.39, 0.29) is 12.0 Å². The first-order valence-electron chi connectivity index (χ1n) is 8.55. The second-order valence-corrected chi connectivity index (χ2v) is 6.15. The number of benzene rings is 1. The minimum atomic E-state index is -0.202. The molecule has 4 rings (SSSR count). The predicted octanol–water partition coefficient (Wildman–Crippen LogP) is 2.58. The molecule has 3 heterocycles. The lowest BCUT2D eigenvalue weighted by atomic mass is 10.2. The Labute approximate surface area is 150 Å². The van der Waals surface area contributed by atoms with Gasteiger partial charge in [-0.1, -0.05) is 12.1 Å². The third-order valence-corrected chi connectivity index (χ3v) is 4.25. The van der Waals surface area contributed by atoms with Crippen molar-refractivity contribution in [3.05, 3.63) is 41.7 Å². The summed E-state index contributed by atoms with van der Waals surface area (Å²) >= 11 is 0. The number of aryl methyl sites for hydroxylation is 1. The number of rotatable bonds is 5. The Morgan fingerprint density at radius 3 is 2.96 bits per heavy atom. The first-order chi connectivity index (χ1) is 12.7. The zero-order valence-corrected chi connectivity index (χ0v) is 14.4. The van der Waals surface area contributed by atoms with Gasteiger partial charge in [0.15, 0.2) is 5.58 Å². The van der Waals surface area contributed by atoms with Gasteiger partial charge in [0.1, 0.15) is 5.52 Å². The standard InChI is InChI=1S/C18H19N5O3/c1-11-13(16(24)19-9-12-5-4-8-25-12)10-20-17(21-11)23-18-22-14-6-2-3-7-15(14)26-18/h2-3,6-7,10,12H,4-5,8-9H2,1H3,(H,19,24)(H,20,21,22,23). The molecule has 3 aromatic rings. The number of oxazole rings is 1. The van der Waals surface area contributed by atoms with Gasteiger partial charge in [-0.15, -0.1) is 0 Å². The van der Waals surface area contributed by atoms with Crippen LogP contribution in [0.2, 0.25) is 0 Å². The molecule has 0 saturated carbocycles. The number of nitrogens with zero attached hydrogens (tertiary/aromatic N) is 3. The average Bonchev–Trinajstić information content (AvgIpc) is 3.28. The Kier molecular flexibility index (Phi) is 4.49. The fourth-order valence-corrected chi connectivity index (χ4v) is 2.88. The van der Waals surface area contributed by atoms with Crippen molar-refractivity contribution in [2.24, 2.45) is 0 Å². The van der Waals surface area contributed by atoms with Crippen LogP contribution in [0.15, 0.2) is 34.9 Å². The van der Waals surface area contributed by atoms with Gasteiger partial charge in [-0.3, -0.25) is 10.1 Å². The number of aromatic nitrogens is 3. The Morgan fingerprint density at radius 2 is 2.19 bits per heavy atom. The molecule has 1 atom stereocenters. The van der Waals surface area contributed by atoms with Crippen LogP contribution >= 0.6 is 0 Å². The second kappa shape index (κ2) is 7.09. The van der Waals surface area contributed by atoms with Crippen LogP contribution < -0.4 is 10.6 Å². The molecule has 1 aliphatic rings. The van der Waals surface area contributed by atoms with Crippen LogP contribution in [0.4, 0.5) is 12.0 Å². The van der Waals surface area contributed by atoms with E-state index in [0.717, 1.165) is 25.0 Å². The summed E-state index contributed by atoms with van der Waals surface area (Å²) in [5.41, 5.74) is 2.43. The Balaban J connectivity index is 1.43. The highest BCUT2D eigenvalue weighted by molar-refractivity contribution is 5.95. The van der Waals surface area contributed by atoms with Gasteiger partial charge in [-0.05, 0) is 31.9 Å². The smallest absolute Gasteiger partial charge is 0.302 e. The first kappa shape index (κ1) is 16.5. The van der Waals surface area contributed by atoms with Gasteiger partial charge in [0, 0.05) is 19.3 Å². The van der Waals surface area contributed by atoms with E-state index < -0.39 is 0 Å². The lowest BCUT2D eigenvalue weighted by molar-refractivity contribution is 0.0856. The van der Waals surface area contributed by atoms with Gasteiger partial charge in [0.05, 0.1) is 17.4 Å². The maximum absolute atomic E-state index is 12.3. The van der Waals surface area contributed by atoms with Gasteiger partial charge in [-0.2, -0.15) is 4.98 Å². The van der Waals surface area contributed by atoms with Crippen LogP contribution in [-0.2, 0) is 4.74 Å². The van der Waals surface area contributed by atoms with E-state index in [0.29, 0.717) is 35.3 Å². The van der Waals surface area contributed by atoms with E-state index in [4.69, 9.17) is 9.15 Å². The number of amides is 1. The summed E-state index contributed by atoms with van der Waals surface area (Å²) in [5.74, 6) is 0.121. The Hall–Kier alpha value is -3.00. The monoisotopic (exact) mass is 353 g/mol. The number of para-hydroxylation sites is 2. The molecule has 8 nitrogen and oxygen atoms in total. The van der Waals surface area contributed by atoms with Crippen molar-refractivity contribution in [3.63, 3.8) is 0 Å². The summed E-state index contributed by atoms with van der Waals surface area (Å²) in [6, 6.07) is 7.76. The van der Waals surface area contributed by atoms with Crippen LogP contribution in [0.25, 0.3) is 11.1 Å². The molecular formula is C18H19N5O3. The molecule has 1 amide bonds. The van der Waals surface area contributed by atoms with Gasteiger partial charge in [0.2, 0.25) is 5.95 Å². The summed E-state index contributed by atoms with van der Waals surface area (Å²) in [5, 5.41) is 5.80. The quantitative estimate of drug-likeness (QED) is 0.727. The summed E-state index contributed by atoms with van der Waals surface area (Å²) in [7, 11) is 0. The maximum Gasteiger partial charge on any atom is 0.302 e. The highest BCUT2D eigenvalue weighted by Crippen LogP contribution is 2.20. The fraction of sp³-hybridized carbons (Fsp3) is 0.333. The van der Waals surface area contributed by atoms with Crippen LogP contribution in [0, 0.1) is 6.92 Å². The molecule has 0 aliphatic carbocycles. The van der Waals surface area contributed by atoms with Crippen molar-refractivity contribution in [1.29, 1.82) is 0 Å². The SMILES string of the molecule is Cc1nc(Nc2nc3ccccc3o2)ncc1C(=O)NCC1CCCO1. The van der Waals surface area contributed by atoms with Crippen molar-refractivity contribution >= 4 is 29.0 Å². The van der Waals surface area contributed by atoms with Crippen LogP contribution in [0.3, 0.4) is 0 Å². The largest absolute Gasteiger partial charge is 0.423 e. The summed E-state index contributed by atoms with van der Waals surface area (Å²) in [6.45, 7) is 3.03. The molecule has 0 spiro atoms. The van der Waals surface area contributed by atoms with Crippen LogP contribution in [0.1, 0.15) is 28.9 Å². The number of fused-ring (bicyclic) bond motifs is 1. The molecule has 26 heavy (non-hydrogen) atoms. The zero-order chi connectivity index (χ0) is 17.9. The van der Waals surface area contributed by atoms with E-state index in [9.17, 15) is 4.79 Å². The Morgan fingerprint density at radius 1 is 1.31 bits per heavy atom. The molecular weight excluding hydrogens is 334 g/mol. The summed E-state index contributed by atoms with van der Waals surface area (Å²) in [6.07, 6.45) is 3.61. The number of carbonyl (C=O) groups is 1. The van der Waals surface area contributed by atoms with Crippen molar-refractivity contribution in [3.8, 4) is 0 Å². The number of nitrogens with one attached hydrogen (secondary N) is 2. The maximum atomic E-state index is 12.3. The van der Waals surface area contributed by atoms with Crippen molar-refractivity contribution in [2.75, 3.05) is 18.5 Å². The number of ether oxygens (including phenoxy) is 1. The second-order valence-electron chi connectivity index (χ2n) is 6.15. The van der Waals surface area contributed by atoms with Crippen LogP contribution in [0.5, 0.6) is 0 Å². The summed E-state index contributed by atoms with van der Waals surface area (Å²) < 4.78 is 11.1. The number of hydrogen-bond donors (Lipinski definition) is 2. The molecule has 1 aromatic carbocycles. The Bertz CT molecular complexity index is 900. The lowest BCUT2D eigenvalue weighted by Crippen LogP contribution is -2.32. The molecule has 1 saturated heterocycles. The average molecular weight is 353 g/mol. The molecule has 1 fully saturated rings. The highest BCUT2D eigenvalue weighted by Gasteiger charge is 2.18. The van der Waals surface area contributed by atoms with E-state index >= 15 is 0 Å². The van der Waals surface area contributed by atoms with Gasteiger partial charge in [0.25, 0.3) is 5.91 Å². The fourth-order valence-electron chi connectivity index (χ4n) is 2.88. The van der Waals surface area contributed by atoms with E-state index in [2.05, 4.69) is 25.6 Å². The van der Waals surface area contributed by atoms with Crippen molar-refractivity contribution < 1.29 is 13.9 Å². The number of carbonyl (C=O) groups excluding carboxylic acids is 1. The van der Waals surface area contributed by atoms with E-state index in [1.54, 1.807) is 6.92 Å². The van der Waals surface area contributed by atoms with Crippen molar-refractivity contribution in [1.82, 2.24) is 20.3 Å². The molecule has 1 aliphatic heterocycles. The normalized spacial score (nSPS) is 16.7. The van der Waals surface area contributed by atoms with E-state index in [1.165, 1.54) is 6.20 Å². The minimum absolute atomic E-state index is 0.0975. The lowest BCUT2D eigenvalue weighted by Gasteiger charge is -2.11. The third kappa shape index (κ3) is 3.50. The molecule has 2 N–H and O–H groups in total. The van der Waals surface area contributed by atoms with Crippen molar-refractivity contribution in [2.45, 2.75) is 25.9 Å². The minimum Gasteiger partial charge on any atom is -0.423 e. The molecule has 134 valence electrons. The molecule has 2 aromatic heterocycles. The molecule has 8 heteroatoms. The van der Waals surface area contributed by atoms with E-state index in [1.807, 2.05) is 24.3 Å². The van der Waals surface area contributed by atoms with Crippen LogP contribution in [-0.4, -0.2) is 40.1 Å². The number of hydrogen-bond acceptors (Lipinski definition) is 7. The number of anilines is 2. The topological polar surface area (TPSA) is 102 Å². The third-order valence-electron chi connectivity index (χ3n) is 4.25. The zero-order valence-electron chi connectivity index (χ0n) is 14.4. The molecule has 1 unspecified atom stereocenters. The highest BCUT2D eigenvalue weighted by atomic mass is 16.5.